The van der Waals surface area contributed by atoms with Crippen molar-refractivity contribution in [3.8, 4) is 5.75 Å². The monoisotopic (exact) mass is 294 g/mol. The highest BCUT2D eigenvalue weighted by molar-refractivity contribution is 7.99. The maximum absolute atomic E-state index is 5.71. The summed E-state index contributed by atoms with van der Waals surface area (Å²) >= 11 is 1.47. The molecule has 0 aliphatic carbocycles. The van der Waals surface area contributed by atoms with E-state index in [0.717, 1.165) is 22.6 Å². The summed E-state index contributed by atoms with van der Waals surface area (Å²) in [5.74, 6) is 2.11. The van der Waals surface area contributed by atoms with Crippen LogP contribution in [0.4, 0.5) is 0 Å². The molecule has 1 aromatic heterocycles. The summed E-state index contributed by atoms with van der Waals surface area (Å²) in [5, 5.41) is 8.45. The van der Waals surface area contributed by atoms with Crippen LogP contribution in [0.1, 0.15) is 17.0 Å². The highest BCUT2D eigenvalue weighted by Gasteiger charge is 2.08. The van der Waals surface area contributed by atoms with Crippen LogP contribution in [0.2, 0.25) is 0 Å². The van der Waals surface area contributed by atoms with E-state index in [4.69, 9.17) is 13.9 Å². The summed E-state index contributed by atoms with van der Waals surface area (Å²) in [5.41, 5.74) is 2.25. The predicted molar refractivity (Wildman–Crippen MR) is 77.1 cm³/mol. The molecular weight excluding hydrogens is 276 g/mol. The molecule has 0 atom stereocenters. The molecule has 0 bridgehead atoms. The topological polar surface area (TPSA) is 57.4 Å². The van der Waals surface area contributed by atoms with Gasteiger partial charge in [-0.15, -0.1) is 10.2 Å². The van der Waals surface area contributed by atoms with Crippen molar-refractivity contribution in [1.82, 2.24) is 10.2 Å². The zero-order valence-electron chi connectivity index (χ0n) is 11.9. The lowest BCUT2D eigenvalue weighted by molar-refractivity contribution is 0.218. The molecule has 6 heteroatoms. The first-order chi connectivity index (χ1) is 9.69. The number of nitrogens with zero attached hydrogens (tertiary/aromatic N) is 2. The Hall–Kier alpha value is -1.53. The molecule has 2 rings (SSSR count). The fourth-order valence-corrected chi connectivity index (χ4v) is 2.25. The molecular formula is C14H18N2O3S. The molecule has 2 aromatic rings. The second-order valence-electron chi connectivity index (χ2n) is 4.36. The Bertz CT molecular complexity index is 557. The summed E-state index contributed by atoms with van der Waals surface area (Å²) in [6.07, 6.45) is 0. The lowest BCUT2D eigenvalue weighted by Gasteiger charge is -2.07. The third-order valence-corrected chi connectivity index (χ3v) is 3.44. The van der Waals surface area contributed by atoms with Crippen molar-refractivity contribution in [3.05, 3.63) is 35.2 Å². The molecule has 0 radical (unpaired) electrons. The molecule has 5 nitrogen and oxygen atoms in total. The number of hydrogen-bond acceptors (Lipinski definition) is 6. The van der Waals surface area contributed by atoms with Crippen molar-refractivity contribution in [1.29, 1.82) is 0 Å². The van der Waals surface area contributed by atoms with E-state index in [9.17, 15) is 0 Å². The van der Waals surface area contributed by atoms with Gasteiger partial charge in [-0.1, -0.05) is 23.9 Å². The number of methoxy groups -OCH3 is 1. The Morgan fingerprint density at radius 3 is 2.90 bits per heavy atom. The lowest BCUT2D eigenvalue weighted by Crippen LogP contribution is -1.97. The van der Waals surface area contributed by atoms with Crippen molar-refractivity contribution in [2.75, 3.05) is 19.5 Å². The number of aromatic nitrogens is 2. The average molecular weight is 294 g/mol. The van der Waals surface area contributed by atoms with Gasteiger partial charge >= 0.3 is 0 Å². The van der Waals surface area contributed by atoms with Crippen LogP contribution in [0.3, 0.4) is 0 Å². The SMILES string of the molecule is COCCSc1nnc(COc2cc(C)ccc2C)o1. The van der Waals surface area contributed by atoms with E-state index >= 15 is 0 Å². The predicted octanol–water partition coefficient (Wildman–Crippen LogP) is 3.00. The quantitative estimate of drug-likeness (QED) is 0.578. The van der Waals surface area contributed by atoms with E-state index < -0.39 is 0 Å². The minimum Gasteiger partial charge on any atom is -0.484 e. The maximum atomic E-state index is 5.71. The number of aryl methyl sites for hydroxylation is 2. The smallest absolute Gasteiger partial charge is 0.276 e. The second-order valence-corrected chi connectivity index (χ2v) is 5.41. The first-order valence-corrected chi connectivity index (χ1v) is 7.32. The molecule has 0 unspecified atom stereocenters. The van der Waals surface area contributed by atoms with Crippen molar-refractivity contribution in [3.63, 3.8) is 0 Å². The van der Waals surface area contributed by atoms with E-state index in [2.05, 4.69) is 16.3 Å². The van der Waals surface area contributed by atoms with E-state index in [-0.39, 0.29) is 6.61 Å². The maximum Gasteiger partial charge on any atom is 0.276 e. The molecule has 1 aromatic carbocycles. The van der Waals surface area contributed by atoms with E-state index in [0.29, 0.717) is 17.7 Å². The summed E-state index contributed by atoms with van der Waals surface area (Å²) in [7, 11) is 1.66. The van der Waals surface area contributed by atoms with Gasteiger partial charge < -0.3 is 13.9 Å². The van der Waals surface area contributed by atoms with Gasteiger partial charge in [0.05, 0.1) is 6.61 Å². The Morgan fingerprint density at radius 1 is 1.25 bits per heavy atom. The van der Waals surface area contributed by atoms with Gasteiger partial charge in [0.1, 0.15) is 5.75 Å². The van der Waals surface area contributed by atoms with Gasteiger partial charge in [-0.2, -0.15) is 0 Å². The van der Waals surface area contributed by atoms with Crippen molar-refractivity contribution in [2.24, 2.45) is 0 Å². The van der Waals surface area contributed by atoms with Crippen molar-refractivity contribution >= 4 is 11.8 Å². The van der Waals surface area contributed by atoms with Crippen LogP contribution in [0.15, 0.2) is 27.8 Å². The molecule has 0 aliphatic rings. The first-order valence-electron chi connectivity index (χ1n) is 6.33. The highest BCUT2D eigenvalue weighted by Crippen LogP contribution is 2.21. The van der Waals surface area contributed by atoms with Gasteiger partial charge in [-0.25, -0.2) is 0 Å². The fourth-order valence-electron chi connectivity index (χ4n) is 1.57. The molecule has 0 saturated heterocycles. The van der Waals surface area contributed by atoms with Crippen LogP contribution < -0.4 is 4.74 Å². The molecule has 0 N–H and O–H groups in total. The van der Waals surface area contributed by atoms with Gasteiger partial charge in [0.25, 0.3) is 11.1 Å². The largest absolute Gasteiger partial charge is 0.484 e. The van der Waals surface area contributed by atoms with E-state index in [1.165, 1.54) is 11.8 Å². The number of rotatable bonds is 7. The molecule has 0 saturated carbocycles. The third-order valence-electron chi connectivity index (χ3n) is 2.66. The van der Waals surface area contributed by atoms with Crippen LogP contribution in [-0.2, 0) is 11.3 Å². The van der Waals surface area contributed by atoms with E-state index in [1.807, 2.05) is 26.0 Å². The zero-order valence-corrected chi connectivity index (χ0v) is 12.7. The highest BCUT2D eigenvalue weighted by atomic mass is 32.2. The average Bonchev–Trinajstić information content (AvgIpc) is 2.88. The van der Waals surface area contributed by atoms with Crippen molar-refractivity contribution in [2.45, 2.75) is 25.7 Å². The van der Waals surface area contributed by atoms with Gasteiger partial charge in [-0.05, 0) is 31.0 Å². The van der Waals surface area contributed by atoms with Gasteiger partial charge in [-0.3, -0.25) is 0 Å². The third kappa shape index (κ3) is 4.25. The Labute approximate surface area is 122 Å². The van der Waals surface area contributed by atoms with Crippen LogP contribution in [0.25, 0.3) is 0 Å². The molecule has 108 valence electrons. The second kappa shape index (κ2) is 7.31. The van der Waals surface area contributed by atoms with Gasteiger partial charge in [0.2, 0.25) is 0 Å². The minimum atomic E-state index is 0.280. The van der Waals surface area contributed by atoms with Crippen LogP contribution in [-0.4, -0.2) is 29.7 Å². The standard InChI is InChI=1S/C14H18N2O3S/c1-10-4-5-11(2)12(8-10)18-9-13-15-16-14(19-13)20-7-6-17-3/h4-5,8H,6-7,9H2,1-3H3. The zero-order chi connectivity index (χ0) is 14.4. The van der Waals surface area contributed by atoms with Gasteiger partial charge in [0.15, 0.2) is 6.61 Å². The van der Waals surface area contributed by atoms with Crippen molar-refractivity contribution < 1.29 is 13.9 Å². The fraction of sp³-hybridized carbons (Fsp3) is 0.429. The number of benzene rings is 1. The van der Waals surface area contributed by atoms with Crippen LogP contribution in [0.5, 0.6) is 5.75 Å². The summed E-state index contributed by atoms with van der Waals surface area (Å²) in [6.45, 7) is 4.97. The first kappa shape index (κ1) is 14.9. The summed E-state index contributed by atoms with van der Waals surface area (Å²) < 4.78 is 16.2. The number of ether oxygens (including phenoxy) is 2. The number of thioether (sulfide) groups is 1. The number of hydrogen-bond donors (Lipinski definition) is 0. The Morgan fingerprint density at radius 2 is 2.10 bits per heavy atom. The molecule has 0 amide bonds. The normalized spacial score (nSPS) is 10.8. The molecule has 0 fully saturated rings. The Kier molecular flexibility index (Phi) is 5.43. The minimum absolute atomic E-state index is 0.280. The summed E-state index contributed by atoms with van der Waals surface area (Å²) in [4.78, 5) is 0. The Balaban J connectivity index is 1.89. The molecule has 0 spiro atoms. The molecule has 1 heterocycles. The molecule has 20 heavy (non-hydrogen) atoms. The van der Waals surface area contributed by atoms with E-state index in [1.54, 1.807) is 7.11 Å². The van der Waals surface area contributed by atoms with Crippen LogP contribution in [0, 0.1) is 13.8 Å². The lowest BCUT2D eigenvalue weighted by atomic mass is 10.1. The van der Waals surface area contributed by atoms with Gasteiger partial charge in [0, 0.05) is 12.9 Å². The summed E-state index contributed by atoms with van der Waals surface area (Å²) in [6, 6.07) is 6.09. The van der Waals surface area contributed by atoms with Crippen LogP contribution >= 0.6 is 11.8 Å². The molecule has 0 aliphatic heterocycles.